The molecule has 2 spiro atoms. The van der Waals surface area contributed by atoms with E-state index in [0.717, 1.165) is 31.7 Å². The third-order valence-corrected chi connectivity index (χ3v) is 17.8. The summed E-state index contributed by atoms with van der Waals surface area (Å²) in [5, 5.41) is 29.8. The monoisotopic (exact) mass is 903 g/mol. The van der Waals surface area contributed by atoms with Crippen molar-refractivity contribution in [3.63, 3.8) is 0 Å². The van der Waals surface area contributed by atoms with Crippen molar-refractivity contribution in [2.45, 2.75) is 224 Å². The lowest BCUT2D eigenvalue weighted by Gasteiger charge is -2.55. The lowest BCUT2D eigenvalue weighted by Crippen LogP contribution is -2.65. The number of Topliss-reactive ketones (excluding diaryl/α,β-unsaturated/α-hetero) is 1. The maximum Gasteiger partial charge on any atom is 0.225 e. The molecule has 4 saturated heterocycles. The molecule has 12 nitrogen and oxygen atoms in total. The van der Waals surface area contributed by atoms with Crippen molar-refractivity contribution >= 4 is 20.0 Å². The van der Waals surface area contributed by atoms with Crippen LogP contribution in [-0.4, -0.2) is 114 Å². The number of hydrogen-bond acceptors (Lipinski definition) is 11. The third-order valence-electron chi connectivity index (χ3n) is 16.2. The summed E-state index contributed by atoms with van der Waals surface area (Å²) in [6, 6.07) is 0.371. The highest BCUT2D eigenvalue weighted by molar-refractivity contribution is 6.69. The Kier molecular flexibility index (Phi) is 17.5. The van der Waals surface area contributed by atoms with Gasteiger partial charge in [0.05, 0.1) is 66.3 Å². The van der Waals surface area contributed by atoms with E-state index < -0.39 is 55.1 Å². The molecule has 0 aromatic carbocycles. The van der Waals surface area contributed by atoms with Crippen molar-refractivity contribution in [1.82, 2.24) is 10.6 Å². The molecule has 360 valence electrons. The van der Waals surface area contributed by atoms with E-state index in [0.29, 0.717) is 58.0 Å². The summed E-state index contributed by atoms with van der Waals surface area (Å²) in [4.78, 5) is 38.4. The minimum atomic E-state index is -2.18. The normalized spacial score (nSPS) is 40.8. The van der Waals surface area contributed by atoms with Crippen molar-refractivity contribution in [2.24, 2.45) is 41.4 Å². The Labute approximate surface area is 381 Å². The van der Waals surface area contributed by atoms with Crippen LogP contribution in [0.15, 0.2) is 12.2 Å². The Hall–Kier alpha value is -1.70. The molecule has 13 heteroatoms. The summed E-state index contributed by atoms with van der Waals surface area (Å²) in [5.74, 6) is -1.42. The van der Waals surface area contributed by atoms with Gasteiger partial charge in [0.2, 0.25) is 5.91 Å². The largest absolute Gasteiger partial charge is 0.432 e. The molecule has 0 aliphatic carbocycles. The highest BCUT2D eigenvalue weighted by atomic mass is 28.4. The van der Waals surface area contributed by atoms with Gasteiger partial charge >= 0.3 is 0 Å². The number of rotatable bonds is 18. The van der Waals surface area contributed by atoms with Gasteiger partial charge in [0.1, 0.15) is 5.78 Å². The van der Waals surface area contributed by atoms with Gasteiger partial charge in [0.25, 0.3) is 0 Å². The fourth-order valence-electron chi connectivity index (χ4n) is 11.8. The summed E-state index contributed by atoms with van der Waals surface area (Å²) in [6.07, 6.45) is 14.6. The average Bonchev–Trinajstić information content (AvgIpc) is 3.58. The van der Waals surface area contributed by atoms with Gasteiger partial charge < -0.3 is 44.0 Å². The number of aliphatic hydroxyl groups is 2. The summed E-state index contributed by atoms with van der Waals surface area (Å²) in [7, 11) is -2.18. The number of nitrogens with one attached hydrogen (secondary N) is 2. The highest BCUT2D eigenvalue weighted by Crippen LogP contribution is 2.54. The van der Waals surface area contributed by atoms with Crippen LogP contribution in [0.2, 0.25) is 19.1 Å². The Morgan fingerprint density at radius 2 is 1.65 bits per heavy atom. The van der Waals surface area contributed by atoms with E-state index in [9.17, 15) is 24.6 Å². The number of ether oxygens (including phenoxy) is 5. The molecule has 4 fully saturated rings. The van der Waals surface area contributed by atoms with E-state index in [1.165, 1.54) is 0 Å². The van der Waals surface area contributed by atoms with E-state index in [2.05, 4.69) is 50.3 Å². The van der Waals surface area contributed by atoms with Gasteiger partial charge in [-0.05, 0) is 115 Å². The number of carbonyl (C=O) groups excluding carboxylic acids is 2. The van der Waals surface area contributed by atoms with Gasteiger partial charge in [-0.2, -0.15) is 0 Å². The first-order valence-electron chi connectivity index (χ1n) is 24.7. The second kappa shape index (κ2) is 21.1. The summed E-state index contributed by atoms with van der Waals surface area (Å²) < 4.78 is 34.9. The molecule has 5 heterocycles. The number of ketones is 1. The van der Waals surface area contributed by atoms with Crippen molar-refractivity contribution in [3.05, 3.63) is 12.2 Å². The second-order valence-electron chi connectivity index (χ2n) is 21.4. The van der Waals surface area contributed by atoms with Crippen LogP contribution in [-0.2, 0) is 33.3 Å². The SMILES string of the molecule is C#CCN[C@@H]1C=C[C@]2(O[C@H]([C@@H](CC)C(=O)[C@@H](C)[C@@H](O)[C@H](C)[C@@H]3O[C@@H]([C@@H](CC)C(=O)NCCC[Si](C)(C)O)CC[C@@H]3C)[C@@H](C)C[C@H]2C)O[C@@]12CC[C@@](C)([C@H]1CC[C@](O)(CC)[C@H](C)O1)O2. The molecule has 5 aliphatic heterocycles. The molecular formula is C50H86N2O10Si. The minimum absolute atomic E-state index is 0.0291. The van der Waals surface area contributed by atoms with Crippen LogP contribution in [0.1, 0.15) is 140 Å². The molecule has 0 saturated carbocycles. The quantitative estimate of drug-likeness (QED) is 0.0415. The third kappa shape index (κ3) is 11.4. The minimum Gasteiger partial charge on any atom is -0.432 e. The molecule has 18 atom stereocenters. The molecule has 63 heavy (non-hydrogen) atoms. The summed E-state index contributed by atoms with van der Waals surface area (Å²) >= 11 is 0. The van der Waals surface area contributed by atoms with Gasteiger partial charge in [-0.25, -0.2) is 0 Å². The number of hydrogen-bond donors (Lipinski definition) is 5. The average molecular weight is 903 g/mol. The van der Waals surface area contributed by atoms with Crippen LogP contribution in [0.5, 0.6) is 0 Å². The van der Waals surface area contributed by atoms with Crippen molar-refractivity contribution in [1.29, 1.82) is 0 Å². The van der Waals surface area contributed by atoms with Crippen molar-refractivity contribution in [2.75, 3.05) is 13.1 Å². The topological polar surface area (TPSA) is 165 Å². The zero-order chi connectivity index (χ0) is 46.7. The predicted molar refractivity (Wildman–Crippen MR) is 248 cm³/mol. The van der Waals surface area contributed by atoms with Gasteiger partial charge in [0, 0.05) is 36.6 Å². The first-order valence-corrected chi connectivity index (χ1v) is 27.9. The van der Waals surface area contributed by atoms with Gasteiger partial charge in [-0.15, -0.1) is 6.42 Å². The second-order valence-corrected chi connectivity index (χ2v) is 25.5. The molecule has 1 amide bonds. The number of aliphatic hydroxyl groups excluding tert-OH is 1. The zero-order valence-corrected chi connectivity index (χ0v) is 41.9. The van der Waals surface area contributed by atoms with Gasteiger partial charge in [-0.1, -0.05) is 67.4 Å². The van der Waals surface area contributed by atoms with E-state index in [4.69, 9.17) is 30.1 Å². The Bertz CT molecular complexity index is 1620. The van der Waals surface area contributed by atoms with Gasteiger partial charge in [0.15, 0.2) is 19.9 Å². The van der Waals surface area contributed by atoms with E-state index in [-0.39, 0.29) is 71.7 Å². The fraction of sp³-hybridized carbons (Fsp3) is 0.880. The number of amides is 1. The van der Waals surface area contributed by atoms with E-state index in [1.807, 2.05) is 60.7 Å². The van der Waals surface area contributed by atoms with Crippen LogP contribution in [0.25, 0.3) is 0 Å². The summed E-state index contributed by atoms with van der Waals surface area (Å²) in [5.41, 5.74) is -1.56. The number of carbonyl (C=O) groups is 2. The summed E-state index contributed by atoms with van der Waals surface area (Å²) in [6.45, 7) is 24.9. The molecule has 5 rings (SSSR count). The van der Waals surface area contributed by atoms with Crippen LogP contribution in [0, 0.1) is 53.8 Å². The maximum absolute atomic E-state index is 14.8. The number of terminal acetylenes is 1. The lowest BCUT2D eigenvalue weighted by atomic mass is 9.72. The van der Waals surface area contributed by atoms with Gasteiger partial charge in [-0.3, -0.25) is 14.9 Å². The highest BCUT2D eigenvalue weighted by Gasteiger charge is 2.63. The Morgan fingerprint density at radius 3 is 2.27 bits per heavy atom. The van der Waals surface area contributed by atoms with Crippen molar-refractivity contribution < 1.29 is 48.3 Å². The van der Waals surface area contributed by atoms with E-state index in [1.54, 1.807) is 0 Å². The predicted octanol–water partition coefficient (Wildman–Crippen LogP) is 7.04. The molecule has 0 bridgehead atoms. The fourth-order valence-corrected chi connectivity index (χ4v) is 12.8. The molecule has 5 N–H and O–H groups in total. The molecule has 0 aromatic heterocycles. The molecule has 0 aromatic rings. The Morgan fingerprint density at radius 1 is 0.952 bits per heavy atom. The van der Waals surface area contributed by atoms with Crippen LogP contribution in [0.4, 0.5) is 0 Å². The Balaban J connectivity index is 1.30. The first-order chi connectivity index (χ1) is 29.5. The van der Waals surface area contributed by atoms with E-state index >= 15 is 0 Å². The molecule has 0 radical (unpaired) electrons. The van der Waals surface area contributed by atoms with Crippen LogP contribution >= 0.6 is 0 Å². The molecule has 0 unspecified atom stereocenters. The first kappa shape index (κ1) is 52.3. The van der Waals surface area contributed by atoms with Crippen LogP contribution in [0.3, 0.4) is 0 Å². The standard InChI is InChI=1S/C50H86N2O10Si/c1-14-27-51-40-21-24-49(62-50(40)26-25-47(11,61-50)41-22-23-48(56,17-4)36(10)58-41)33(7)30-32(6)45(60-49)38(16-3)43(54)34(8)42(53)35(9)44-31(5)19-20-39(59-44)37(15-2)46(55)52-28-18-29-63(12,13)57/h1,21,24,31-42,44-45,51,53,56-57H,15-20,22-23,25-30H2,2-13H3,(H,52,55)/t31-,32-,33+,34-,35-,36-,37+,38-,39+,40+,41+,42+,44+,45-,47-,48+,49-,50-/m0/s1. The van der Waals surface area contributed by atoms with Crippen LogP contribution < -0.4 is 10.6 Å². The maximum atomic E-state index is 14.8. The van der Waals surface area contributed by atoms with Crippen molar-refractivity contribution in [3.8, 4) is 12.3 Å². The molecular weight excluding hydrogens is 817 g/mol. The zero-order valence-electron chi connectivity index (χ0n) is 40.9. The lowest BCUT2D eigenvalue weighted by molar-refractivity contribution is -0.398. The molecule has 5 aliphatic rings. The smallest absolute Gasteiger partial charge is 0.225 e.